The molecule has 4 nitrogen and oxygen atoms in total. The molecule has 0 aliphatic heterocycles. The summed E-state index contributed by atoms with van der Waals surface area (Å²) in [6.07, 6.45) is 0.0718. The summed E-state index contributed by atoms with van der Waals surface area (Å²) in [4.78, 5) is 22.6. The molecular formula is C7H13NO3. The van der Waals surface area contributed by atoms with Crippen LogP contribution in [0.2, 0.25) is 0 Å². The van der Waals surface area contributed by atoms with E-state index >= 15 is 0 Å². The number of nitrogens with zero attached hydrogens (tertiary/aromatic N) is 1. The minimum absolute atomic E-state index is 0.0718. The van der Waals surface area contributed by atoms with Crippen molar-refractivity contribution in [1.82, 2.24) is 4.90 Å². The van der Waals surface area contributed by atoms with E-state index in [2.05, 4.69) is 0 Å². The highest BCUT2D eigenvalue weighted by Crippen LogP contribution is 1.99. The number of rotatable bonds is 4. The molecule has 0 fully saturated rings. The van der Waals surface area contributed by atoms with E-state index in [9.17, 15) is 9.59 Å². The summed E-state index contributed by atoms with van der Waals surface area (Å²) >= 11 is 0. The first-order valence-corrected chi connectivity index (χ1v) is 3.33. The number of ketones is 1. The zero-order valence-corrected chi connectivity index (χ0v) is 7.00. The number of carboxylic acids is 1. The van der Waals surface area contributed by atoms with Crippen molar-refractivity contribution in [1.29, 1.82) is 0 Å². The second-order valence-corrected chi connectivity index (χ2v) is 2.72. The van der Waals surface area contributed by atoms with Crippen LogP contribution in [0.5, 0.6) is 0 Å². The van der Waals surface area contributed by atoms with Crippen LogP contribution in [0, 0.1) is 0 Å². The van der Waals surface area contributed by atoms with Gasteiger partial charge >= 0.3 is 5.97 Å². The van der Waals surface area contributed by atoms with Crippen LogP contribution in [-0.4, -0.2) is 41.9 Å². The van der Waals surface area contributed by atoms with Gasteiger partial charge in [-0.05, 0) is 21.0 Å². The van der Waals surface area contributed by atoms with Gasteiger partial charge in [0.25, 0.3) is 0 Å². The van der Waals surface area contributed by atoms with Crippen molar-refractivity contribution >= 4 is 11.8 Å². The number of likely N-dealkylation sites (N-methyl/N-ethyl adjacent to an activating group) is 1. The molecule has 1 N–H and O–H groups in total. The molecule has 0 radical (unpaired) electrons. The lowest BCUT2D eigenvalue weighted by Crippen LogP contribution is -2.37. The fourth-order valence-corrected chi connectivity index (χ4v) is 0.763. The van der Waals surface area contributed by atoms with E-state index < -0.39 is 12.0 Å². The molecule has 0 aliphatic carbocycles. The van der Waals surface area contributed by atoms with Crippen molar-refractivity contribution in [2.45, 2.75) is 19.4 Å². The minimum Gasteiger partial charge on any atom is -0.480 e. The first-order chi connectivity index (χ1) is 4.95. The lowest BCUT2D eigenvalue weighted by molar-refractivity contribution is -0.144. The van der Waals surface area contributed by atoms with Crippen LogP contribution in [0.3, 0.4) is 0 Å². The molecule has 0 spiro atoms. The molecule has 0 saturated heterocycles. The average Bonchev–Trinajstić information content (AvgIpc) is 1.81. The van der Waals surface area contributed by atoms with Crippen molar-refractivity contribution in [3.05, 3.63) is 0 Å². The van der Waals surface area contributed by atoms with Gasteiger partial charge in [0.1, 0.15) is 11.8 Å². The van der Waals surface area contributed by atoms with Crippen LogP contribution in [-0.2, 0) is 9.59 Å². The summed E-state index contributed by atoms with van der Waals surface area (Å²) in [6.45, 7) is 1.39. The van der Waals surface area contributed by atoms with Gasteiger partial charge in [0.2, 0.25) is 0 Å². The first-order valence-electron chi connectivity index (χ1n) is 3.33. The van der Waals surface area contributed by atoms with Gasteiger partial charge in [-0.15, -0.1) is 0 Å². The van der Waals surface area contributed by atoms with Crippen molar-refractivity contribution in [3.63, 3.8) is 0 Å². The van der Waals surface area contributed by atoms with Crippen LogP contribution in [0.25, 0.3) is 0 Å². The predicted molar refractivity (Wildman–Crippen MR) is 40.4 cm³/mol. The number of Topliss-reactive ketones (excluding diaryl/α,β-unsaturated/α-hetero) is 1. The average molecular weight is 159 g/mol. The van der Waals surface area contributed by atoms with Crippen LogP contribution in [0.1, 0.15) is 13.3 Å². The first kappa shape index (κ1) is 10.1. The van der Waals surface area contributed by atoms with Gasteiger partial charge < -0.3 is 5.11 Å². The normalized spacial score (nSPS) is 13.1. The molecule has 0 aromatic rings. The Hall–Kier alpha value is -0.900. The molecule has 0 bridgehead atoms. The highest BCUT2D eigenvalue weighted by atomic mass is 16.4. The summed E-state index contributed by atoms with van der Waals surface area (Å²) in [5.41, 5.74) is 0. The molecule has 1 atom stereocenters. The second-order valence-electron chi connectivity index (χ2n) is 2.72. The Kier molecular flexibility index (Phi) is 3.74. The third kappa shape index (κ3) is 3.72. The number of hydrogen-bond donors (Lipinski definition) is 1. The number of aliphatic carboxylic acids is 1. The minimum atomic E-state index is -0.954. The second kappa shape index (κ2) is 4.08. The molecular weight excluding hydrogens is 146 g/mol. The van der Waals surface area contributed by atoms with E-state index in [0.717, 1.165) is 0 Å². The maximum absolute atomic E-state index is 10.6. The standard InChI is InChI=1S/C7H13NO3/c1-5(9)4-6(7(10)11)8(2)3/h6H,4H2,1-3H3,(H,10,11). The fraction of sp³-hybridized carbons (Fsp3) is 0.714. The Balaban J connectivity index is 4.12. The highest BCUT2D eigenvalue weighted by molar-refractivity contribution is 5.84. The third-order valence-corrected chi connectivity index (χ3v) is 1.39. The Bertz CT molecular complexity index is 165. The van der Waals surface area contributed by atoms with Gasteiger partial charge in [-0.1, -0.05) is 0 Å². The molecule has 0 aromatic heterocycles. The van der Waals surface area contributed by atoms with Crippen molar-refractivity contribution in [3.8, 4) is 0 Å². The molecule has 0 saturated carbocycles. The van der Waals surface area contributed by atoms with Crippen molar-refractivity contribution in [2.75, 3.05) is 14.1 Å². The van der Waals surface area contributed by atoms with Crippen LogP contribution in [0.4, 0.5) is 0 Å². The van der Waals surface area contributed by atoms with E-state index in [1.165, 1.54) is 11.8 Å². The van der Waals surface area contributed by atoms with Crippen LogP contribution in [0.15, 0.2) is 0 Å². The van der Waals surface area contributed by atoms with Gasteiger partial charge in [-0.3, -0.25) is 14.5 Å². The SMILES string of the molecule is CC(=O)CC(C(=O)O)N(C)C. The lowest BCUT2D eigenvalue weighted by Gasteiger charge is -2.17. The molecule has 0 aliphatic rings. The molecule has 0 aromatic carbocycles. The Morgan fingerprint density at radius 1 is 1.45 bits per heavy atom. The highest BCUT2D eigenvalue weighted by Gasteiger charge is 2.20. The van der Waals surface area contributed by atoms with E-state index in [4.69, 9.17) is 5.11 Å². The molecule has 0 heterocycles. The lowest BCUT2D eigenvalue weighted by atomic mass is 10.1. The monoisotopic (exact) mass is 159 g/mol. The topological polar surface area (TPSA) is 57.6 Å². The summed E-state index contributed by atoms with van der Waals surface area (Å²) in [5.74, 6) is -1.06. The third-order valence-electron chi connectivity index (χ3n) is 1.39. The number of hydrogen-bond acceptors (Lipinski definition) is 3. The van der Waals surface area contributed by atoms with E-state index in [0.29, 0.717) is 0 Å². The molecule has 1 unspecified atom stereocenters. The fourth-order valence-electron chi connectivity index (χ4n) is 0.763. The number of carboxylic acid groups (broad SMARTS) is 1. The largest absolute Gasteiger partial charge is 0.480 e. The van der Waals surface area contributed by atoms with Gasteiger partial charge in [0.05, 0.1) is 0 Å². The summed E-state index contributed by atoms with van der Waals surface area (Å²) in [7, 11) is 3.28. The van der Waals surface area contributed by atoms with Gasteiger partial charge in [-0.25, -0.2) is 0 Å². The van der Waals surface area contributed by atoms with Crippen LogP contribution >= 0.6 is 0 Å². The molecule has 0 rings (SSSR count). The zero-order chi connectivity index (χ0) is 9.02. The quantitative estimate of drug-likeness (QED) is 0.626. The maximum atomic E-state index is 10.6. The maximum Gasteiger partial charge on any atom is 0.321 e. The van der Waals surface area contributed by atoms with Crippen LogP contribution < -0.4 is 0 Å². The molecule has 0 amide bonds. The number of carbonyl (C=O) groups excluding carboxylic acids is 1. The predicted octanol–water partition coefficient (Wildman–Crippen LogP) is -0.0197. The van der Waals surface area contributed by atoms with Crippen molar-refractivity contribution in [2.24, 2.45) is 0 Å². The Labute approximate surface area is 65.8 Å². The van der Waals surface area contributed by atoms with Crippen molar-refractivity contribution < 1.29 is 14.7 Å². The van der Waals surface area contributed by atoms with E-state index in [1.54, 1.807) is 14.1 Å². The van der Waals surface area contributed by atoms with E-state index in [-0.39, 0.29) is 12.2 Å². The molecule has 11 heavy (non-hydrogen) atoms. The Morgan fingerprint density at radius 2 is 1.91 bits per heavy atom. The van der Waals surface area contributed by atoms with E-state index in [1.807, 2.05) is 0 Å². The molecule has 64 valence electrons. The molecule has 4 heteroatoms. The smallest absolute Gasteiger partial charge is 0.321 e. The van der Waals surface area contributed by atoms with Gasteiger partial charge in [-0.2, -0.15) is 0 Å². The van der Waals surface area contributed by atoms with Gasteiger partial charge in [0.15, 0.2) is 0 Å². The summed E-state index contributed by atoms with van der Waals surface area (Å²) < 4.78 is 0. The summed E-state index contributed by atoms with van der Waals surface area (Å²) in [6, 6.07) is -0.688. The Morgan fingerprint density at radius 3 is 2.00 bits per heavy atom. The zero-order valence-electron chi connectivity index (χ0n) is 7.00. The number of carbonyl (C=O) groups is 2. The summed E-state index contributed by atoms with van der Waals surface area (Å²) in [5, 5.41) is 8.60. The van der Waals surface area contributed by atoms with Gasteiger partial charge in [0, 0.05) is 6.42 Å².